The number of aromatic nitrogens is 1. The van der Waals surface area contributed by atoms with Crippen LogP contribution in [0.15, 0.2) is 30.5 Å². The second-order valence-electron chi connectivity index (χ2n) is 6.40. The third-order valence-corrected chi connectivity index (χ3v) is 4.58. The first-order valence-corrected chi connectivity index (χ1v) is 8.44. The highest BCUT2D eigenvalue weighted by atomic mass is 19.4. The fraction of sp³-hybridized carbons (Fsp3) is 0.368. The van der Waals surface area contributed by atoms with E-state index in [4.69, 9.17) is 0 Å². The number of halogens is 3. The van der Waals surface area contributed by atoms with E-state index in [1.807, 2.05) is 13.1 Å². The van der Waals surface area contributed by atoms with Crippen LogP contribution in [0.3, 0.4) is 0 Å². The lowest BCUT2D eigenvalue weighted by Crippen LogP contribution is -2.29. The predicted molar refractivity (Wildman–Crippen MR) is 91.4 cm³/mol. The van der Waals surface area contributed by atoms with Crippen molar-refractivity contribution >= 4 is 5.91 Å². The average molecular weight is 363 g/mol. The highest BCUT2D eigenvalue weighted by molar-refractivity contribution is 5.78. The summed E-state index contributed by atoms with van der Waals surface area (Å²) in [4.78, 5) is 16.6. The molecule has 0 saturated heterocycles. The molecule has 2 heterocycles. The molecular weight excluding hydrogens is 343 g/mol. The Labute approximate surface area is 149 Å². The fourth-order valence-electron chi connectivity index (χ4n) is 3.12. The Balaban J connectivity index is 1.63. The van der Waals surface area contributed by atoms with Gasteiger partial charge in [0, 0.05) is 25.0 Å². The topological polar surface area (TPSA) is 54.0 Å². The van der Waals surface area contributed by atoms with Gasteiger partial charge in [-0.3, -0.25) is 9.78 Å². The maximum atomic E-state index is 12.6. The molecule has 0 unspecified atom stereocenters. The highest BCUT2D eigenvalue weighted by Crippen LogP contribution is 2.29. The fourth-order valence-corrected chi connectivity index (χ4v) is 3.12. The van der Waals surface area contributed by atoms with Crippen molar-refractivity contribution in [2.45, 2.75) is 39.0 Å². The van der Waals surface area contributed by atoms with E-state index in [2.05, 4.69) is 15.6 Å². The average Bonchev–Trinajstić information content (AvgIpc) is 2.60. The summed E-state index contributed by atoms with van der Waals surface area (Å²) < 4.78 is 37.7. The van der Waals surface area contributed by atoms with Crippen LogP contribution in [-0.2, 0) is 36.9 Å². The summed E-state index contributed by atoms with van der Waals surface area (Å²) in [5.74, 6) is -0.226. The lowest BCUT2D eigenvalue weighted by atomic mass is 9.96. The van der Waals surface area contributed by atoms with Gasteiger partial charge >= 0.3 is 6.18 Å². The van der Waals surface area contributed by atoms with Crippen molar-refractivity contribution in [2.24, 2.45) is 0 Å². The number of nitrogens with zero attached hydrogens (tertiary/aromatic N) is 1. The van der Waals surface area contributed by atoms with Crippen LogP contribution < -0.4 is 10.6 Å². The van der Waals surface area contributed by atoms with Crippen molar-refractivity contribution in [2.75, 3.05) is 6.54 Å². The van der Waals surface area contributed by atoms with E-state index in [1.165, 1.54) is 17.7 Å². The zero-order valence-corrected chi connectivity index (χ0v) is 14.4. The Hall–Kier alpha value is -2.41. The molecule has 3 rings (SSSR count). The lowest BCUT2D eigenvalue weighted by Gasteiger charge is -2.21. The van der Waals surface area contributed by atoms with E-state index in [1.54, 1.807) is 0 Å². The molecule has 1 aromatic heterocycles. The van der Waals surface area contributed by atoms with Gasteiger partial charge in [0.2, 0.25) is 5.91 Å². The Morgan fingerprint density at radius 3 is 2.69 bits per heavy atom. The molecule has 0 spiro atoms. The van der Waals surface area contributed by atoms with E-state index in [-0.39, 0.29) is 12.3 Å². The van der Waals surface area contributed by atoms with Crippen molar-refractivity contribution in [1.29, 1.82) is 0 Å². The van der Waals surface area contributed by atoms with Crippen LogP contribution in [0.4, 0.5) is 13.2 Å². The van der Waals surface area contributed by atoms with Gasteiger partial charge in [0.1, 0.15) is 0 Å². The first-order valence-electron chi connectivity index (χ1n) is 8.44. The van der Waals surface area contributed by atoms with E-state index >= 15 is 0 Å². The van der Waals surface area contributed by atoms with Gasteiger partial charge in [-0.1, -0.05) is 12.1 Å². The van der Waals surface area contributed by atoms with Gasteiger partial charge in [0.15, 0.2) is 0 Å². The summed E-state index contributed by atoms with van der Waals surface area (Å²) in [6.45, 7) is 3.96. The largest absolute Gasteiger partial charge is 0.416 e. The van der Waals surface area contributed by atoms with Gasteiger partial charge in [-0.25, -0.2) is 0 Å². The second-order valence-corrected chi connectivity index (χ2v) is 6.40. The normalized spacial score (nSPS) is 14.0. The molecule has 26 heavy (non-hydrogen) atoms. The summed E-state index contributed by atoms with van der Waals surface area (Å²) in [5.41, 5.74) is 4.13. The van der Waals surface area contributed by atoms with Crippen LogP contribution in [0.5, 0.6) is 0 Å². The summed E-state index contributed by atoms with van der Waals surface area (Å²) in [6.07, 6.45) is -1.57. The van der Waals surface area contributed by atoms with E-state index in [0.29, 0.717) is 12.1 Å². The summed E-state index contributed by atoms with van der Waals surface area (Å²) >= 11 is 0. The Kier molecular flexibility index (Phi) is 5.27. The number of rotatable bonds is 4. The quantitative estimate of drug-likeness (QED) is 0.878. The predicted octanol–water partition coefficient (Wildman–Crippen LogP) is 2.91. The first-order chi connectivity index (χ1) is 12.3. The Morgan fingerprint density at radius 1 is 1.27 bits per heavy atom. The minimum Gasteiger partial charge on any atom is -0.352 e. The number of carbonyl (C=O) groups is 1. The molecule has 1 aromatic carbocycles. The summed E-state index contributed by atoms with van der Waals surface area (Å²) in [7, 11) is 0. The van der Waals surface area contributed by atoms with Crippen molar-refractivity contribution in [3.63, 3.8) is 0 Å². The highest BCUT2D eigenvalue weighted by Gasteiger charge is 2.30. The number of hydrogen-bond donors (Lipinski definition) is 2. The van der Waals surface area contributed by atoms with Crippen LogP contribution in [0.1, 0.15) is 33.5 Å². The van der Waals surface area contributed by atoms with Gasteiger partial charge in [0.25, 0.3) is 0 Å². The smallest absolute Gasteiger partial charge is 0.352 e. The van der Waals surface area contributed by atoms with Crippen LogP contribution in [-0.4, -0.2) is 17.4 Å². The number of nitrogens with one attached hydrogen (secondary N) is 2. The molecule has 0 radical (unpaired) electrons. The molecule has 0 saturated carbocycles. The summed E-state index contributed by atoms with van der Waals surface area (Å²) in [6, 6.07) is 4.67. The van der Waals surface area contributed by atoms with Gasteiger partial charge in [-0.05, 0) is 54.3 Å². The number of alkyl halides is 3. The van der Waals surface area contributed by atoms with E-state index in [0.717, 1.165) is 48.5 Å². The summed E-state index contributed by atoms with van der Waals surface area (Å²) in [5, 5.41) is 6.15. The van der Waals surface area contributed by atoms with Gasteiger partial charge in [0.05, 0.1) is 12.0 Å². The Bertz CT molecular complexity index is 801. The van der Waals surface area contributed by atoms with E-state index in [9.17, 15) is 18.0 Å². The number of pyridine rings is 1. The first kappa shape index (κ1) is 18.4. The number of hydrogen-bond acceptors (Lipinski definition) is 3. The van der Waals surface area contributed by atoms with Crippen molar-refractivity contribution in [3.8, 4) is 0 Å². The minimum atomic E-state index is -4.37. The van der Waals surface area contributed by atoms with Crippen molar-refractivity contribution < 1.29 is 18.0 Å². The zero-order valence-electron chi connectivity index (χ0n) is 14.4. The molecule has 0 fully saturated rings. The molecule has 0 bridgehead atoms. The van der Waals surface area contributed by atoms with E-state index < -0.39 is 11.7 Å². The van der Waals surface area contributed by atoms with Crippen molar-refractivity contribution in [3.05, 3.63) is 64.0 Å². The molecule has 1 amide bonds. The number of amides is 1. The van der Waals surface area contributed by atoms with Crippen LogP contribution in [0.25, 0.3) is 0 Å². The number of aryl methyl sites for hydroxylation is 1. The van der Waals surface area contributed by atoms with Crippen LogP contribution in [0.2, 0.25) is 0 Å². The third kappa shape index (κ3) is 4.22. The molecule has 0 aliphatic carbocycles. The SMILES string of the molecule is Cc1ncc2c(c1CNC(=O)Cc1ccc(C(F)(F)F)cc1)CCNC2. The monoisotopic (exact) mass is 363 g/mol. The van der Waals surface area contributed by atoms with Crippen LogP contribution >= 0.6 is 0 Å². The standard InChI is InChI=1S/C19H20F3N3O/c1-12-17(16-6-7-23-9-14(16)10-24-12)11-25-18(26)8-13-2-4-15(5-3-13)19(20,21)22/h2-5,10,23H,6-9,11H2,1H3,(H,25,26). The molecule has 4 nitrogen and oxygen atoms in total. The Morgan fingerprint density at radius 2 is 2.00 bits per heavy atom. The van der Waals surface area contributed by atoms with Gasteiger partial charge < -0.3 is 10.6 Å². The second kappa shape index (κ2) is 7.45. The van der Waals surface area contributed by atoms with Gasteiger partial charge in [-0.2, -0.15) is 13.2 Å². The molecule has 2 aromatic rings. The number of fused-ring (bicyclic) bond motifs is 1. The molecule has 1 aliphatic rings. The molecule has 7 heteroatoms. The van der Waals surface area contributed by atoms with Gasteiger partial charge in [-0.15, -0.1) is 0 Å². The molecule has 1 aliphatic heterocycles. The maximum absolute atomic E-state index is 12.6. The van der Waals surface area contributed by atoms with Crippen LogP contribution in [0, 0.1) is 6.92 Å². The maximum Gasteiger partial charge on any atom is 0.416 e. The van der Waals surface area contributed by atoms with Crippen molar-refractivity contribution in [1.82, 2.24) is 15.6 Å². The third-order valence-electron chi connectivity index (χ3n) is 4.58. The molecule has 2 N–H and O–H groups in total. The number of carbonyl (C=O) groups excluding carboxylic acids is 1. The minimum absolute atomic E-state index is 0.0429. The number of benzene rings is 1. The molecule has 0 atom stereocenters. The lowest BCUT2D eigenvalue weighted by molar-refractivity contribution is -0.137. The molecular formula is C19H20F3N3O. The molecule has 138 valence electrons. The zero-order chi connectivity index (χ0) is 18.7.